The van der Waals surface area contributed by atoms with Gasteiger partial charge in [-0.2, -0.15) is 4.57 Å². The Balaban J connectivity index is 1.70. The Hall–Kier alpha value is -2.21. The first-order valence-electron chi connectivity index (χ1n) is 12.2. The maximum Gasteiger partial charge on any atom is 0.263 e. The van der Waals surface area contributed by atoms with Crippen LogP contribution in [0.1, 0.15) is 42.8 Å². The third-order valence-electron chi connectivity index (χ3n) is 6.16. The smallest absolute Gasteiger partial charge is 0.263 e. The van der Waals surface area contributed by atoms with Gasteiger partial charge in [0.25, 0.3) is 5.01 Å². The lowest BCUT2D eigenvalue weighted by molar-refractivity contribution is -0.670. The number of nitrogens with zero attached hydrogens (tertiary/aromatic N) is 2. The van der Waals surface area contributed by atoms with E-state index in [0.29, 0.717) is 19.5 Å². The molecule has 1 aliphatic rings. The van der Waals surface area contributed by atoms with Crippen molar-refractivity contribution in [2.45, 2.75) is 58.1 Å². The Labute approximate surface area is 227 Å². The highest BCUT2D eigenvalue weighted by molar-refractivity contribution is 8.03. The van der Waals surface area contributed by atoms with Crippen molar-refractivity contribution in [3.05, 3.63) is 69.2 Å². The van der Waals surface area contributed by atoms with Gasteiger partial charge in [0.05, 0.1) is 23.4 Å². The lowest BCUT2D eigenvalue weighted by Crippen LogP contribution is -2.37. The predicted molar refractivity (Wildman–Crippen MR) is 149 cm³/mol. The zero-order valence-electron chi connectivity index (χ0n) is 21.4. The maximum atomic E-state index is 11.0. The minimum absolute atomic E-state index is 0.0610. The number of aromatic nitrogens is 1. The second-order valence-electron chi connectivity index (χ2n) is 9.17. The van der Waals surface area contributed by atoms with E-state index in [2.05, 4.69) is 76.0 Å². The summed E-state index contributed by atoms with van der Waals surface area (Å²) in [5, 5.41) is 11.8. The first-order valence-corrected chi connectivity index (χ1v) is 15.2. The number of aryl methyl sites for hydroxylation is 3. The van der Waals surface area contributed by atoms with E-state index < -0.39 is 16.5 Å². The van der Waals surface area contributed by atoms with Crippen molar-refractivity contribution in [3.63, 3.8) is 0 Å². The van der Waals surface area contributed by atoms with Crippen LogP contribution >= 0.6 is 23.1 Å². The van der Waals surface area contributed by atoms with E-state index in [1.807, 2.05) is 6.92 Å². The molecule has 0 amide bonds. The van der Waals surface area contributed by atoms with Gasteiger partial charge in [-0.05, 0) is 68.2 Å². The molecule has 0 saturated carbocycles. The topological polar surface area (TPSA) is 93.8 Å². The minimum Gasteiger partial charge on any atom is -0.726 e. The van der Waals surface area contributed by atoms with E-state index in [-0.39, 0.29) is 6.61 Å². The Morgan fingerprint density at radius 2 is 1.95 bits per heavy atom. The van der Waals surface area contributed by atoms with Crippen LogP contribution in [0.25, 0.3) is 16.3 Å². The zero-order valence-corrected chi connectivity index (χ0v) is 23.9. The first-order chi connectivity index (χ1) is 17.6. The quantitative estimate of drug-likeness (QED) is 0.204. The van der Waals surface area contributed by atoms with Crippen molar-refractivity contribution in [1.29, 1.82) is 0 Å². The number of benzene rings is 2. The molecule has 1 atom stereocenters. The van der Waals surface area contributed by atoms with Gasteiger partial charge in [0.15, 0.2) is 6.54 Å². The van der Waals surface area contributed by atoms with Gasteiger partial charge in [-0.25, -0.2) is 8.42 Å². The van der Waals surface area contributed by atoms with Crippen LogP contribution in [-0.4, -0.2) is 37.3 Å². The molecule has 1 aromatic heterocycles. The molecule has 1 unspecified atom stereocenters. The van der Waals surface area contributed by atoms with Crippen LogP contribution in [-0.2, 0) is 21.1 Å². The number of β-amino-alcohol motifs (C(OH)–C–C–N with tert-alkyl or cyclic N) is 1. The summed E-state index contributed by atoms with van der Waals surface area (Å²) < 4.78 is 41.0. The lowest BCUT2D eigenvalue weighted by atomic mass is 10.1. The van der Waals surface area contributed by atoms with Gasteiger partial charge in [-0.15, -0.1) is 0 Å². The highest BCUT2D eigenvalue weighted by atomic mass is 32.3. The monoisotopic (exact) mass is 560 g/mol. The fraction of sp³-hybridized carbons (Fsp3) is 0.370. The molecule has 0 radical (unpaired) electrons. The third-order valence-corrected chi connectivity index (χ3v) is 8.95. The van der Waals surface area contributed by atoms with E-state index in [4.69, 9.17) is 0 Å². The number of allylic oxidation sites excluding steroid dienone is 2. The van der Waals surface area contributed by atoms with E-state index >= 15 is 0 Å². The molecule has 198 valence electrons. The number of thioether (sulfide) groups is 1. The van der Waals surface area contributed by atoms with E-state index in [0.717, 1.165) is 43.5 Å². The minimum atomic E-state index is -4.75. The van der Waals surface area contributed by atoms with Crippen LogP contribution in [0, 0.1) is 13.8 Å². The van der Waals surface area contributed by atoms with Crippen LogP contribution in [0.2, 0.25) is 0 Å². The van der Waals surface area contributed by atoms with Crippen molar-refractivity contribution < 1.29 is 26.8 Å². The second-order valence-corrected chi connectivity index (χ2v) is 12.3. The molecule has 2 heterocycles. The van der Waals surface area contributed by atoms with Gasteiger partial charge in [-0.3, -0.25) is 4.18 Å². The molecule has 0 aliphatic carbocycles. The summed E-state index contributed by atoms with van der Waals surface area (Å²) in [4.78, 5) is 3.34. The normalized spacial score (nSPS) is 16.1. The number of anilines is 1. The molecule has 7 nitrogen and oxygen atoms in total. The van der Waals surface area contributed by atoms with Crippen LogP contribution in [0.4, 0.5) is 5.69 Å². The average molecular weight is 561 g/mol. The van der Waals surface area contributed by atoms with Gasteiger partial charge >= 0.3 is 0 Å². The van der Waals surface area contributed by atoms with Gasteiger partial charge < -0.3 is 14.6 Å². The number of aliphatic hydroxyl groups is 1. The molecule has 0 spiro atoms. The standard InChI is InChI=1S/C27H32N2O5S3/c1-5-21(17-27-29(12-13-30)23-15-19(3)7-9-25(23)36-27)16-26-28(11-10-20(4)34-37(31,32)33)22-14-18(2)6-8-24(22)35-26/h6-9,14-17,20,30H,5,10-13H2,1-4H3. The average Bonchev–Trinajstić information content (AvgIpc) is 3.33. The Bertz CT molecular complexity index is 1460. The molecule has 1 N–H and O–H groups in total. The number of aliphatic hydroxyl groups excluding tert-OH is 1. The SMILES string of the molecule is CCC(/C=C1\Sc2ccc(C)cc2N1CCO)=C\c1sc2ccc(C)cc2[n+]1CCC(C)OS(=O)(=O)[O-]. The molecule has 4 rings (SSSR count). The van der Waals surface area contributed by atoms with E-state index in [9.17, 15) is 18.1 Å². The first kappa shape index (κ1) is 27.8. The molecule has 3 aromatic rings. The molecular formula is C27H32N2O5S3. The van der Waals surface area contributed by atoms with Gasteiger partial charge in [0, 0.05) is 30.0 Å². The molecule has 0 fully saturated rings. The van der Waals surface area contributed by atoms with Crippen molar-refractivity contribution >= 4 is 55.5 Å². The highest BCUT2D eigenvalue weighted by Gasteiger charge is 2.26. The molecule has 0 saturated heterocycles. The summed E-state index contributed by atoms with van der Waals surface area (Å²) >= 11 is 3.38. The summed E-state index contributed by atoms with van der Waals surface area (Å²) in [6, 6.07) is 12.7. The summed E-state index contributed by atoms with van der Waals surface area (Å²) in [5.41, 5.74) is 5.64. The Morgan fingerprint density at radius 1 is 1.22 bits per heavy atom. The molecule has 10 heteroatoms. The highest BCUT2D eigenvalue weighted by Crippen LogP contribution is 2.46. The van der Waals surface area contributed by atoms with Crippen LogP contribution in [0.5, 0.6) is 0 Å². The summed E-state index contributed by atoms with van der Waals surface area (Å²) in [5.74, 6) is 0. The largest absolute Gasteiger partial charge is 0.726 e. The summed E-state index contributed by atoms with van der Waals surface area (Å²) in [6.45, 7) is 8.92. The molecule has 37 heavy (non-hydrogen) atoms. The van der Waals surface area contributed by atoms with Gasteiger partial charge in [0.2, 0.25) is 15.9 Å². The maximum absolute atomic E-state index is 11.0. The van der Waals surface area contributed by atoms with E-state index in [1.165, 1.54) is 10.5 Å². The van der Waals surface area contributed by atoms with Crippen molar-refractivity contribution in [2.24, 2.45) is 0 Å². The number of hydrogen-bond acceptors (Lipinski definition) is 8. The predicted octanol–water partition coefficient (Wildman–Crippen LogP) is 5.30. The van der Waals surface area contributed by atoms with E-state index in [1.54, 1.807) is 30.0 Å². The van der Waals surface area contributed by atoms with Crippen molar-refractivity contribution in [1.82, 2.24) is 0 Å². The Morgan fingerprint density at radius 3 is 2.65 bits per heavy atom. The Kier molecular flexibility index (Phi) is 8.77. The number of fused-ring (bicyclic) bond motifs is 2. The fourth-order valence-electron chi connectivity index (χ4n) is 4.32. The molecule has 1 aliphatic heterocycles. The number of hydrogen-bond donors (Lipinski definition) is 1. The third kappa shape index (κ3) is 6.81. The molecule has 2 aromatic carbocycles. The van der Waals surface area contributed by atoms with Crippen molar-refractivity contribution in [3.8, 4) is 0 Å². The van der Waals surface area contributed by atoms with Gasteiger partial charge in [-0.1, -0.05) is 42.2 Å². The molecular weight excluding hydrogens is 529 g/mol. The lowest BCUT2D eigenvalue weighted by Gasteiger charge is -2.19. The van der Waals surface area contributed by atoms with Gasteiger partial charge in [0.1, 0.15) is 4.70 Å². The van der Waals surface area contributed by atoms with Crippen LogP contribution in [0.15, 0.2) is 58.0 Å². The second kappa shape index (κ2) is 11.7. The summed E-state index contributed by atoms with van der Waals surface area (Å²) in [7, 11) is -4.75. The zero-order chi connectivity index (χ0) is 26.7. The molecule has 0 bridgehead atoms. The van der Waals surface area contributed by atoms with Crippen molar-refractivity contribution in [2.75, 3.05) is 18.1 Å². The number of rotatable bonds is 10. The van der Waals surface area contributed by atoms with Crippen LogP contribution < -0.4 is 9.47 Å². The fourth-order valence-corrected chi connectivity index (χ4v) is 7.11. The number of thiazole rings is 1. The summed E-state index contributed by atoms with van der Waals surface area (Å²) in [6.07, 6.45) is 4.83. The van der Waals surface area contributed by atoms with Crippen LogP contribution in [0.3, 0.4) is 0 Å².